The van der Waals surface area contributed by atoms with E-state index in [1.807, 2.05) is 30.3 Å². The third-order valence-electron chi connectivity index (χ3n) is 2.26. The van der Waals surface area contributed by atoms with Crippen molar-refractivity contribution >= 4 is 5.91 Å². The molecule has 1 heterocycles. The fourth-order valence-electron chi connectivity index (χ4n) is 1.45. The molecule has 0 aliphatic rings. The number of aromatic amines is 1. The summed E-state index contributed by atoms with van der Waals surface area (Å²) in [5.74, 6) is 0.0402. The topological polar surface area (TPSA) is 74.8 Å². The van der Waals surface area contributed by atoms with Crippen molar-refractivity contribution in [2.24, 2.45) is 0 Å². The molecule has 0 aliphatic heterocycles. The van der Waals surface area contributed by atoms with Crippen molar-refractivity contribution in [2.75, 3.05) is 7.05 Å². The van der Waals surface area contributed by atoms with Crippen LogP contribution >= 0.6 is 0 Å². The standard InChI is InChI=1S/C12H11N3O2/c1-13-12(17)9-7-10(16)15-11(14-9)8-5-3-2-4-6-8/h2-7H,1H3,(H,13,17)(H,14,15,16). The second kappa shape index (κ2) is 4.61. The van der Waals surface area contributed by atoms with Gasteiger partial charge in [0.2, 0.25) is 0 Å². The van der Waals surface area contributed by atoms with Crippen LogP contribution in [0.3, 0.4) is 0 Å². The third kappa shape index (κ3) is 2.39. The van der Waals surface area contributed by atoms with Crippen molar-refractivity contribution in [3.05, 3.63) is 52.4 Å². The Morgan fingerprint density at radius 1 is 1.29 bits per heavy atom. The Balaban J connectivity index is 2.53. The van der Waals surface area contributed by atoms with E-state index < -0.39 is 5.56 Å². The monoisotopic (exact) mass is 229 g/mol. The van der Waals surface area contributed by atoms with Gasteiger partial charge >= 0.3 is 0 Å². The number of carbonyl (C=O) groups is 1. The number of nitrogens with one attached hydrogen (secondary N) is 2. The zero-order chi connectivity index (χ0) is 12.3. The van der Waals surface area contributed by atoms with Gasteiger partial charge in [-0.2, -0.15) is 4.98 Å². The van der Waals surface area contributed by atoms with E-state index in [2.05, 4.69) is 15.3 Å². The van der Waals surface area contributed by atoms with Gasteiger partial charge in [0.25, 0.3) is 11.5 Å². The normalized spacial score (nSPS) is 9.94. The number of rotatable bonds is 2. The third-order valence-corrected chi connectivity index (χ3v) is 2.26. The van der Waals surface area contributed by atoms with Gasteiger partial charge in [-0.1, -0.05) is 30.3 Å². The minimum atomic E-state index is -0.443. The number of hydrogen-bond donors (Lipinski definition) is 2. The molecule has 0 aliphatic carbocycles. The van der Waals surface area contributed by atoms with E-state index in [1.54, 1.807) is 0 Å². The maximum absolute atomic E-state index is 11.4. The molecule has 2 N–H and O–H groups in total. The Morgan fingerprint density at radius 3 is 2.65 bits per heavy atom. The summed E-state index contributed by atoms with van der Waals surface area (Å²) in [7, 11) is 1.50. The number of amides is 1. The first kappa shape index (κ1) is 11.1. The number of hydrogen-bond acceptors (Lipinski definition) is 3. The average Bonchev–Trinajstić information content (AvgIpc) is 2.38. The highest BCUT2D eigenvalue weighted by Crippen LogP contribution is 2.12. The SMILES string of the molecule is CNC(=O)c1cc(=O)nc(-c2ccccc2)[nH]1. The van der Waals surface area contributed by atoms with Crippen LogP contribution in [0.25, 0.3) is 11.4 Å². The van der Waals surface area contributed by atoms with Gasteiger partial charge in [0.05, 0.1) is 0 Å². The number of carbonyl (C=O) groups excluding carboxylic acids is 1. The van der Waals surface area contributed by atoms with Crippen molar-refractivity contribution < 1.29 is 4.79 Å². The summed E-state index contributed by atoms with van der Waals surface area (Å²) in [6.45, 7) is 0. The average molecular weight is 229 g/mol. The van der Waals surface area contributed by atoms with E-state index in [4.69, 9.17) is 0 Å². The molecule has 0 saturated carbocycles. The van der Waals surface area contributed by atoms with Crippen LogP contribution in [0.5, 0.6) is 0 Å². The lowest BCUT2D eigenvalue weighted by Crippen LogP contribution is -2.22. The van der Waals surface area contributed by atoms with Gasteiger partial charge in [-0.05, 0) is 0 Å². The molecule has 1 aromatic carbocycles. The summed E-state index contributed by atoms with van der Waals surface area (Å²) in [6, 6.07) is 10.3. The number of nitrogens with zero attached hydrogens (tertiary/aromatic N) is 1. The second-order valence-corrected chi connectivity index (χ2v) is 3.43. The van der Waals surface area contributed by atoms with E-state index >= 15 is 0 Å². The Labute approximate surface area is 97.5 Å². The van der Waals surface area contributed by atoms with Crippen LogP contribution in [0.1, 0.15) is 10.5 Å². The highest BCUT2D eigenvalue weighted by molar-refractivity contribution is 5.92. The Morgan fingerprint density at radius 2 is 2.00 bits per heavy atom. The molecule has 2 aromatic rings. The van der Waals surface area contributed by atoms with Crippen LogP contribution in [0.2, 0.25) is 0 Å². The molecule has 0 atom stereocenters. The molecule has 17 heavy (non-hydrogen) atoms. The summed E-state index contributed by atoms with van der Waals surface area (Å²) >= 11 is 0. The van der Waals surface area contributed by atoms with Gasteiger partial charge in [0.15, 0.2) is 0 Å². The van der Waals surface area contributed by atoms with Crippen molar-refractivity contribution in [1.82, 2.24) is 15.3 Å². The molecule has 5 nitrogen and oxygen atoms in total. The number of aromatic nitrogens is 2. The zero-order valence-corrected chi connectivity index (χ0v) is 9.23. The van der Waals surface area contributed by atoms with Crippen molar-refractivity contribution in [2.45, 2.75) is 0 Å². The molecule has 2 rings (SSSR count). The van der Waals surface area contributed by atoms with E-state index in [9.17, 15) is 9.59 Å². The fraction of sp³-hybridized carbons (Fsp3) is 0.0833. The molecule has 0 saturated heterocycles. The lowest BCUT2D eigenvalue weighted by molar-refractivity contribution is 0.0958. The molecule has 1 amide bonds. The van der Waals surface area contributed by atoms with Gasteiger partial charge in [-0.3, -0.25) is 9.59 Å². The number of H-pyrrole nitrogens is 1. The summed E-state index contributed by atoms with van der Waals surface area (Å²) in [4.78, 5) is 29.5. The first-order chi connectivity index (χ1) is 8.20. The largest absolute Gasteiger partial charge is 0.354 e. The summed E-state index contributed by atoms with van der Waals surface area (Å²) in [5, 5.41) is 2.45. The summed E-state index contributed by atoms with van der Waals surface area (Å²) < 4.78 is 0. The molecule has 86 valence electrons. The number of benzene rings is 1. The highest BCUT2D eigenvalue weighted by Gasteiger charge is 2.08. The highest BCUT2D eigenvalue weighted by atomic mass is 16.2. The maximum Gasteiger partial charge on any atom is 0.273 e. The maximum atomic E-state index is 11.4. The van der Waals surface area contributed by atoms with Crippen LogP contribution < -0.4 is 10.9 Å². The predicted molar refractivity (Wildman–Crippen MR) is 63.7 cm³/mol. The van der Waals surface area contributed by atoms with Gasteiger partial charge in [-0.15, -0.1) is 0 Å². The molecule has 0 radical (unpaired) electrons. The van der Waals surface area contributed by atoms with Crippen LogP contribution in [-0.2, 0) is 0 Å². The summed E-state index contributed by atoms with van der Waals surface area (Å²) in [6.07, 6.45) is 0. The molecular weight excluding hydrogens is 218 g/mol. The quantitative estimate of drug-likeness (QED) is 0.799. The Bertz CT molecular complexity index is 590. The van der Waals surface area contributed by atoms with Crippen LogP contribution in [0, 0.1) is 0 Å². The fourth-order valence-corrected chi connectivity index (χ4v) is 1.45. The van der Waals surface area contributed by atoms with Crippen LogP contribution in [-0.4, -0.2) is 22.9 Å². The first-order valence-corrected chi connectivity index (χ1v) is 5.09. The van der Waals surface area contributed by atoms with E-state index in [0.717, 1.165) is 5.56 Å². The van der Waals surface area contributed by atoms with Crippen molar-refractivity contribution in [3.63, 3.8) is 0 Å². The van der Waals surface area contributed by atoms with E-state index in [0.29, 0.717) is 5.82 Å². The van der Waals surface area contributed by atoms with E-state index in [-0.39, 0.29) is 11.6 Å². The predicted octanol–water partition coefficient (Wildman–Crippen LogP) is 0.796. The molecule has 0 unspecified atom stereocenters. The lowest BCUT2D eigenvalue weighted by Gasteiger charge is -2.03. The van der Waals surface area contributed by atoms with Crippen LogP contribution in [0.15, 0.2) is 41.2 Å². The second-order valence-electron chi connectivity index (χ2n) is 3.43. The minimum absolute atomic E-state index is 0.200. The zero-order valence-electron chi connectivity index (χ0n) is 9.23. The summed E-state index contributed by atoms with van der Waals surface area (Å²) in [5.41, 5.74) is 0.517. The first-order valence-electron chi connectivity index (χ1n) is 5.09. The van der Waals surface area contributed by atoms with Gasteiger partial charge in [0, 0.05) is 18.7 Å². The lowest BCUT2D eigenvalue weighted by atomic mass is 10.2. The minimum Gasteiger partial charge on any atom is -0.354 e. The molecular formula is C12H11N3O2. The molecule has 1 aromatic heterocycles. The van der Waals surface area contributed by atoms with Gasteiger partial charge < -0.3 is 10.3 Å². The van der Waals surface area contributed by atoms with Gasteiger partial charge in [-0.25, -0.2) is 0 Å². The molecule has 0 fully saturated rings. The van der Waals surface area contributed by atoms with Crippen molar-refractivity contribution in [3.8, 4) is 11.4 Å². The Kier molecular flexibility index (Phi) is 3.00. The van der Waals surface area contributed by atoms with E-state index in [1.165, 1.54) is 13.1 Å². The molecule has 0 spiro atoms. The van der Waals surface area contributed by atoms with Gasteiger partial charge in [0.1, 0.15) is 11.5 Å². The van der Waals surface area contributed by atoms with Crippen LogP contribution in [0.4, 0.5) is 0 Å². The smallest absolute Gasteiger partial charge is 0.273 e. The van der Waals surface area contributed by atoms with Crippen molar-refractivity contribution in [1.29, 1.82) is 0 Å². The molecule has 5 heteroatoms. The molecule has 0 bridgehead atoms. The Hall–Kier alpha value is -2.43.